The van der Waals surface area contributed by atoms with Gasteiger partial charge in [0.1, 0.15) is 12.0 Å². The molecule has 0 amide bonds. The number of rotatable bonds is 3. The summed E-state index contributed by atoms with van der Waals surface area (Å²) in [5.41, 5.74) is 2.79. The molecule has 3 rings (SSSR count). The first-order chi connectivity index (χ1) is 10.6. The van der Waals surface area contributed by atoms with E-state index >= 15 is 0 Å². The molecule has 0 aliphatic heterocycles. The number of hydrogen-bond acceptors (Lipinski definition) is 4. The third-order valence-corrected chi connectivity index (χ3v) is 3.63. The number of methoxy groups -OCH3 is 2. The Hall–Kier alpha value is -2.75. The van der Waals surface area contributed by atoms with Crippen LogP contribution < -0.4 is 14.9 Å². The van der Waals surface area contributed by atoms with E-state index in [1.54, 1.807) is 19.2 Å². The molecule has 3 aromatic rings. The Bertz CT molecular complexity index is 876. The molecule has 2 aromatic carbocycles. The number of ether oxygens (including phenoxy) is 2. The lowest BCUT2D eigenvalue weighted by atomic mass is 10.0. The first-order valence-electron chi connectivity index (χ1n) is 6.88. The number of benzene rings is 2. The summed E-state index contributed by atoms with van der Waals surface area (Å²) in [6, 6.07) is 11.1. The fourth-order valence-electron chi connectivity index (χ4n) is 2.39. The van der Waals surface area contributed by atoms with Crippen molar-refractivity contribution in [1.29, 1.82) is 0 Å². The van der Waals surface area contributed by atoms with Gasteiger partial charge in [-0.1, -0.05) is 29.8 Å². The smallest absolute Gasteiger partial charge is 0.200 e. The van der Waals surface area contributed by atoms with Crippen molar-refractivity contribution in [2.24, 2.45) is 0 Å². The Labute approximate surface area is 127 Å². The highest BCUT2D eigenvalue weighted by Crippen LogP contribution is 2.31. The SMILES string of the molecule is COc1cc(OC)c2occ(-c3ccc(C)cc3)c(=O)c2c1. The van der Waals surface area contributed by atoms with E-state index in [4.69, 9.17) is 13.9 Å². The predicted molar refractivity (Wildman–Crippen MR) is 85.8 cm³/mol. The van der Waals surface area contributed by atoms with Gasteiger partial charge in [-0.3, -0.25) is 4.79 Å². The lowest BCUT2D eigenvalue weighted by Crippen LogP contribution is -2.05. The van der Waals surface area contributed by atoms with Gasteiger partial charge in [0, 0.05) is 6.07 Å². The van der Waals surface area contributed by atoms with Gasteiger partial charge in [-0.2, -0.15) is 0 Å². The molecule has 22 heavy (non-hydrogen) atoms. The molecule has 0 aliphatic carbocycles. The molecule has 0 saturated heterocycles. The van der Waals surface area contributed by atoms with Crippen LogP contribution in [-0.4, -0.2) is 14.2 Å². The largest absolute Gasteiger partial charge is 0.497 e. The van der Waals surface area contributed by atoms with Crippen LogP contribution in [0.4, 0.5) is 0 Å². The highest BCUT2D eigenvalue weighted by Gasteiger charge is 2.14. The average molecular weight is 296 g/mol. The summed E-state index contributed by atoms with van der Waals surface area (Å²) < 4.78 is 16.1. The molecular weight excluding hydrogens is 280 g/mol. The summed E-state index contributed by atoms with van der Waals surface area (Å²) in [6.07, 6.45) is 1.48. The second-order valence-electron chi connectivity index (χ2n) is 5.05. The van der Waals surface area contributed by atoms with Crippen molar-refractivity contribution in [1.82, 2.24) is 0 Å². The van der Waals surface area contributed by atoms with Gasteiger partial charge in [0.15, 0.2) is 11.3 Å². The summed E-state index contributed by atoms with van der Waals surface area (Å²) in [6.45, 7) is 2.00. The van der Waals surface area contributed by atoms with Gasteiger partial charge in [0.2, 0.25) is 5.43 Å². The maximum atomic E-state index is 12.8. The minimum atomic E-state index is -0.109. The number of hydrogen-bond donors (Lipinski definition) is 0. The van der Waals surface area contributed by atoms with Crippen molar-refractivity contribution >= 4 is 11.0 Å². The zero-order valence-corrected chi connectivity index (χ0v) is 12.7. The minimum Gasteiger partial charge on any atom is -0.497 e. The van der Waals surface area contributed by atoms with E-state index in [-0.39, 0.29) is 5.43 Å². The molecule has 0 aliphatic rings. The molecule has 0 unspecified atom stereocenters. The van der Waals surface area contributed by atoms with E-state index < -0.39 is 0 Å². The second kappa shape index (κ2) is 5.56. The minimum absolute atomic E-state index is 0.109. The first kappa shape index (κ1) is 14.2. The molecular formula is C18H16O4. The summed E-state index contributed by atoms with van der Waals surface area (Å²) in [5.74, 6) is 1.03. The van der Waals surface area contributed by atoms with Gasteiger partial charge in [-0.15, -0.1) is 0 Å². The van der Waals surface area contributed by atoms with Gasteiger partial charge < -0.3 is 13.9 Å². The van der Waals surface area contributed by atoms with Gasteiger partial charge in [0.25, 0.3) is 0 Å². The molecule has 0 spiro atoms. The summed E-state index contributed by atoms with van der Waals surface area (Å²) in [7, 11) is 3.08. The van der Waals surface area contributed by atoms with E-state index in [2.05, 4.69) is 0 Å². The van der Waals surface area contributed by atoms with E-state index in [0.29, 0.717) is 28.0 Å². The van der Waals surface area contributed by atoms with E-state index in [0.717, 1.165) is 11.1 Å². The monoisotopic (exact) mass is 296 g/mol. The molecule has 1 aromatic heterocycles. The normalized spacial score (nSPS) is 10.7. The van der Waals surface area contributed by atoms with Crippen LogP contribution >= 0.6 is 0 Å². The standard InChI is InChI=1S/C18H16O4/c1-11-4-6-12(7-5-11)15-10-22-18-14(17(15)19)8-13(20-2)9-16(18)21-3/h4-10H,1-3H3. The highest BCUT2D eigenvalue weighted by atomic mass is 16.5. The van der Waals surface area contributed by atoms with Crippen LogP contribution in [0.25, 0.3) is 22.1 Å². The fraction of sp³-hybridized carbons (Fsp3) is 0.167. The molecule has 4 heteroatoms. The van der Waals surface area contributed by atoms with Gasteiger partial charge in [-0.25, -0.2) is 0 Å². The highest BCUT2D eigenvalue weighted by molar-refractivity contribution is 5.87. The average Bonchev–Trinajstić information content (AvgIpc) is 2.55. The summed E-state index contributed by atoms with van der Waals surface area (Å²) in [5, 5.41) is 0.439. The molecule has 0 saturated carbocycles. The van der Waals surface area contributed by atoms with Crippen LogP contribution in [0.3, 0.4) is 0 Å². The van der Waals surface area contributed by atoms with Gasteiger partial charge >= 0.3 is 0 Å². The van der Waals surface area contributed by atoms with E-state index in [9.17, 15) is 4.79 Å². The first-order valence-corrected chi connectivity index (χ1v) is 6.88. The summed E-state index contributed by atoms with van der Waals surface area (Å²) in [4.78, 5) is 12.8. The van der Waals surface area contributed by atoms with Crippen molar-refractivity contribution in [3.63, 3.8) is 0 Å². The topological polar surface area (TPSA) is 48.7 Å². The molecule has 112 valence electrons. The van der Waals surface area contributed by atoms with Crippen molar-refractivity contribution in [3.05, 3.63) is 58.4 Å². The van der Waals surface area contributed by atoms with Crippen LogP contribution in [-0.2, 0) is 0 Å². The Kier molecular flexibility index (Phi) is 3.59. The predicted octanol–water partition coefficient (Wildman–Crippen LogP) is 3.79. The Morgan fingerprint density at radius 1 is 1.00 bits per heavy atom. The fourth-order valence-corrected chi connectivity index (χ4v) is 2.39. The molecule has 0 N–H and O–H groups in total. The maximum absolute atomic E-state index is 12.8. The second-order valence-corrected chi connectivity index (χ2v) is 5.05. The third kappa shape index (κ3) is 2.33. The van der Waals surface area contributed by atoms with Crippen LogP contribution in [0.15, 0.2) is 51.9 Å². The van der Waals surface area contributed by atoms with Crippen LogP contribution in [0.2, 0.25) is 0 Å². The zero-order chi connectivity index (χ0) is 15.7. The Balaban J connectivity index is 2.29. The lowest BCUT2D eigenvalue weighted by molar-refractivity contribution is 0.392. The molecule has 0 bridgehead atoms. The number of fused-ring (bicyclic) bond motifs is 1. The van der Waals surface area contributed by atoms with Gasteiger partial charge in [-0.05, 0) is 18.6 Å². The van der Waals surface area contributed by atoms with Crippen LogP contribution in [0.1, 0.15) is 5.56 Å². The van der Waals surface area contributed by atoms with Crippen molar-refractivity contribution in [2.75, 3.05) is 14.2 Å². The molecule has 0 radical (unpaired) electrons. The number of aryl methyl sites for hydroxylation is 1. The van der Waals surface area contributed by atoms with Crippen LogP contribution in [0, 0.1) is 6.92 Å². The zero-order valence-electron chi connectivity index (χ0n) is 12.7. The quantitative estimate of drug-likeness (QED) is 0.738. The van der Waals surface area contributed by atoms with Crippen LogP contribution in [0.5, 0.6) is 11.5 Å². The Morgan fingerprint density at radius 2 is 1.73 bits per heavy atom. The van der Waals surface area contributed by atoms with Crippen molar-refractivity contribution in [3.8, 4) is 22.6 Å². The molecule has 4 nitrogen and oxygen atoms in total. The molecule has 0 fully saturated rings. The third-order valence-electron chi connectivity index (χ3n) is 3.63. The molecule has 1 heterocycles. The Morgan fingerprint density at radius 3 is 2.36 bits per heavy atom. The van der Waals surface area contributed by atoms with Gasteiger partial charge in [0.05, 0.1) is 25.2 Å². The lowest BCUT2D eigenvalue weighted by Gasteiger charge is -2.09. The van der Waals surface area contributed by atoms with Crippen molar-refractivity contribution < 1.29 is 13.9 Å². The van der Waals surface area contributed by atoms with E-state index in [1.807, 2.05) is 31.2 Å². The van der Waals surface area contributed by atoms with E-state index in [1.165, 1.54) is 13.4 Å². The summed E-state index contributed by atoms with van der Waals surface area (Å²) >= 11 is 0. The van der Waals surface area contributed by atoms with Crippen molar-refractivity contribution in [2.45, 2.75) is 6.92 Å². The maximum Gasteiger partial charge on any atom is 0.200 e. The molecule has 0 atom stereocenters.